The Bertz CT molecular complexity index is 1130. The summed E-state index contributed by atoms with van der Waals surface area (Å²) >= 11 is 0. The first-order chi connectivity index (χ1) is 14.3. The van der Waals surface area contributed by atoms with E-state index < -0.39 is 11.7 Å². The molecule has 6 rings (SSSR count). The maximum absolute atomic E-state index is 12.8. The molecule has 1 aromatic heterocycles. The Hall–Kier alpha value is -2.33. The molecule has 5 atom stereocenters. The lowest BCUT2D eigenvalue weighted by Gasteiger charge is -2.53. The summed E-state index contributed by atoms with van der Waals surface area (Å²) in [4.78, 5) is 16.6. The Morgan fingerprint density at radius 3 is 2.83 bits per heavy atom. The number of rotatable bonds is 1. The highest BCUT2D eigenvalue weighted by Gasteiger charge is 2.56. The number of benzene rings is 1. The summed E-state index contributed by atoms with van der Waals surface area (Å²) in [5, 5.41) is 11.8. The number of aromatic amines is 1. The number of aliphatic hydroxyl groups is 1. The summed E-state index contributed by atoms with van der Waals surface area (Å²) in [6.07, 6.45) is 7.49. The molecule has 0 radical (unpaired) electrons. The van der Waals surface area contributed by atoms with Crippen LogP contribution in [0.2, 0.25) is 0 Å². The molecule has 1 fully saturated rings. The molecule has 30 heavy (non-hydrogen) atoms. The van der Waals surface area contributed by atoms with E-state index in [1.807, 2.05) is 0 Å². The fraction of sp³-hybridized carbons (Fsp3) is 0.500. The van der Waals surface area contributed by atoms with E-state index in [1.165, 1.54) is 28.6 Å². The quantitative estimate of drug-likeness (QED) is 0.719. The van der Waals surface area contributed by atoms with Crippen LogP contribution in [0, 0.1) is 17.3 Å². The number of para-hydroxylation sites is 1. The number of carbonyl (C=O) groups excluding carboxylic acids is 1. The molecule has 156 valence electrons. The molecule has 1 aliphatic heterocycles. The van der Waals surface area contributed by atoms with Gasteiger partial charge in [-0.05, 0) is 80.6 Å². The Kier molecular flexibility index (Phi) is 3.61. The van der Waals surface area contributed by atoms with E-state index in [2.05, 4.69) is 42.2 Å². The van der Waals surface area contributed by atoms with Gasteiger partial charge >= 0.3 is 0 Å². The van der Waals surface area contributed by atoms with Gasteiger partial charge in [0.25, 0.3) is 0 Å². The fourth-order valence-electron chi connectivity index (χ4n) is 6.96. The van der Waals surface area contributed by atoms with Gasteiger partial charge in [0.1, 0.15) is 11.4 Å². The van der Waals surface area contributed by atoms with Crippen molar-refractivity contribution in [2.75, 3.05) is 0 Å². The topological polar surface area (TPSA) is 62.3 Å². The van der Waals surface area contributed by atoms with Crippen LogP contribution in [0.5, 0.6) is 0 Å². The van der Waals surface area contributed by atoms with Crippen molar-refractivity contribution in [2.45, 2.75) is 64.1 Å². The van der Waals surface area contributed by atoms with Crippen molar-refractivity contribution in [3.8, 4) is 0 Å². The number of carbonyl (C=O) groups is 1. The molecule has 0 saturated heterocycles. The number of ether oxygens (including phenoxy) is 1. The standard InChI is InChI=1S/C26H29NO3/c1-25(2,29)24-20(28)13-17-18-9-8-14-12-16-15-6-4-5-7-19(15)27-23(16)22(14)26(18,3)11-10-21(17)30-24/h4-7,10,13-14,18,22,24,27,29H,8-9,11-12H2,1-3H3. The lowest BCUT2D eigenvalue weighted by Crippen LogP contribution is -2.49. The molecule has 4 nitrogen and oxygen atoms in total. The van der Waals surface area contributed by atoms with E-state index in [4.69, 9.17) is 4.74 Å². The SMILES string of the molecule is CC(C)(O)C1OC2=CCC3(C)C(CCC4Cc5c([nH]c6ccccc56)C43)C2=CC1=O. The minimum atomic E-state index is -1.19. The van der Waals surface area contributed by atoms with Crippen LogP contribution in [0.4, 0.5) is 0 Å². The molecule has 1 aromatic carbocycles. The first kappa shape index (κ1) is 18.4. The van der Waals surface area contributed by atoms with Crippen LogP contribution in [-0.2, 0) is 16.0 Å². The third-order valence-corrected chi connectivity index (χ3v) is 8.26. The van der Waals surface area contributed by atoms with Crippen LogP contribution < -0.4 is 0 Å². The third kappa shape index (κ3) is 2.34. The molecule has 0 spiro atoms. The van der Waals surface area contributed by atoms with Gasteiger partial charge in [0.15, 0.2) is 11.9 Å². The number of nitrogens with one attached hydrogen (secondary N) is 1. The van der Waals surface area contributed by atoms with Crippen LogP contribution in [-0.4, -0.2) is 27.6 Å². The highest BCUT2D eigenvalue weighted by molar-refractivity contribution is 5.97. The van der Waals surface area contributed by atoms with E-state index >= 15 is 0 Å². The van der Waals surface area contributed by atoms with Gasteiger partial charge in [-0.25, -0.2) is 0 Å². The van der Waals surface area contributed by atoms with Crippen molar-refractivity contribution in [2.24, 2.45) is 17.3 Å². The average Bonchev–Trinajstić information content (AvgIpc) is 3.22. The Morgan fingerprint density at radius 1 is 1.23 bits per heavy atom. The van der Waals surface area contributed by atoms with E-state index in [0.717, 1.165) is 30.6 Å². The van der Waals surface area contributed by atoms with Crippen molar-refractivity contribution in [1.29, 1.82) is 0 Å². The van der Waals surface area contributed by atoms with Gasteiger partial charge < -0.3 is 14.8 Å². The van der Waals surface area contributed by atoms with Gasteiger partial charge in [0, 0.05) is 28.1 Å². The maximum Gasteiger partial charge on any atom is 0.199 e. The number of H-pyrrole nitrogens is 1. The molecule has 4 aliphatic rings. The Morgan fingerprint density at radius 2 is 2.03 bits per heavy atom. The smallest absolute Gasteiger partial charge is 0.199 e. The first-order valence-corrected chi connectivity index (χ1v) is 11.2. The highest BCUT2D eigenvalue weighted by atomic mass is 16.5. The Balaban J connectivity index is 1.43. The molecule has 2 aromatic rings. The summed E-state index contributed by atoms with van der Waals surface area (Å²) in [5.74, 6) is 2.15. The molecule has 2 heterocycles. The van der Waals surface area contributed by atoms with Crippen molar-refractivity contribution in [3.05, 3.63) is 59.0 Å². The van der Waals surface area contributed by atoms with Crippen LogP contribution in [0.25, 0.3) is 10.9 Å². The van der Waals surface area contributed by atoms with Gasteiger partial charge in [0.05, 0.1) is 0 Å². The predicted octanol–water partition coefficient (Wildman–Crippen LogP) is 4.79. The van der Waals surface area contributed by atoms with Crippen molar-refractivity contribution >= 4 is 16.7 Å². The number of ketones is 1. The molecule has 3 aliphatic carbocycles. The van der Waals surface area contributed by atoms with Gasteiger partial charge in [-0.2, -0.15) is 0 Å². The van der Waals surface area contributed by atoms with Gasteiger partial charge in [0.2, 0.25) is 0 Å². The fourth-order valence-corrected chi connectivity index (χ4v) is 6.96. The zero-order chi connectivity index (χ0) is 20.8. The summed E-state index contributed by atoms with van der Waals surface area (Å²) in [6, 6.07) is 8.65. The lowest BCUT2D eigenvalue weighted by atomic mass is 9.52. The molecular weight excluding hydrogens is 374 g/mol. The number of hydrogen-bond donors (Lipinski definition) is 2. The Labute approximate surface area is 177 Å². The molecule has 0 amide bonds. The lowest BCUT2D eigenvalue weighted by molar-refractivity contribution is -0.139. The number of fused-ring (bicyclic) bond motifs is 9. The first-order valence-electron chi connectivity index (χ1n) is 11.2. The van der Waals surface area contributed by atoms with Gasteiger partial charge in [-0.3, -0.25) is 4.79 Å². The second kappa shape index (κ2) is 5.88. The molecular formula is C26H29NO3. The van der Waals surface area contributed by atoms with E-state index in [-0.39, 0.29) is 11.2 Å². The number of hydrogen-bond acceptors (Lipinski definition) is 3. The van der Waals surface area contributed by atoms with Crippen molar-refractivity contribution < 1.29 is 14.6 Å². The molecule has 5 unspecified atom stereocenters. The predicted molar refractivity (Wildman–Crippen MR) is 116 cm³/mol. The highest BCUT2D eigenvalue weighted by Crippen LogP contribution is 2.64. The second-order valence-electron chi connectivity index (χ2n) is 10.6. The van der Waals surface area contributed by atoms with Crippen LogP contribution >= 0.6 is 0 Å². The number of aromatic nitrogens is 1. The van der Waals surface area contributed by atoms with E-state index in [0.29, 0.717) is 17.8 Å². The van der Waals surface area contributed by atoms with Crippen LogP contribution in [0.3, 0.4) is 0 Å². The van der Waals surface area contributed by atoms with Gasteiger partial charge in [-0.15, -0.1) is 0 Å². The molecule has 1 saturated carbocycles. The molecule has 4 heteroatoms. The summed E-state index contributed by atoms with van der Waals surface area (Å²) < 4.78 is 6.08. The third-order valence-electron chi connectivity index (χ3n) is 8.26. The molecule has 0 bridgehead atoms. The van der Waals surface area contributed by atoms with Crippen molar-refractivity contribution in [1.82, 2.24) is 4.98 Å². The van der Waals surface area contributed by atoms with Crippen molar-refractivity contribution in [3.63, 3.8) is 0 Å². The normalized spacial score (nSPS) is 35.0. The summed E-state index contributed by atoms with van der Waals surface area (Å²) in [6.45, 7) is 5.70. The zero-order valence-corrected chi connectivity index (χ0v) is 17.9. The minimum absolute atomic E-state index is 0.0651. The van der Waals surface area contributed by atoms with E-state index in [9.17, 15) is 9.90 Å². The number of allylic oxidation sites excluding steroid dienone is 2. The molecule has 2 N–H and O–H groups in total. The monoisotopic (exact) mass is 403 g/mol. The second-order valence-corrected chi connectivity index (χ2v) is 10.6. The van der Waals surface area contributed by atoms with Crippen LogP contribution in [0.15, 0.2) is 47.7 Å². The minimum Gasteiger partial charge on any atom is -0.479 e. The zero-order valence-electron chi connectivity index (χ0n) is 17.9. The summed E-state index contributed by atoms with van der Waals surface area (Å²) in [5.41, 5.74) is 4.09. The van der Waals surface area contributed by atoms with Crippen LogP contribution in [0.1, 0.15) is 57.2 Å². The average molecular weight is 404 g/mol. The maximum atomic E-state index is 12.8. The largest absolute Gasteiger partial charge is 0.479 e. The van der Waals surface area contributed by atoms with E-state index in [1.54, 1.807) is 19.9 Å². The summed E-state index contributed by atoms with van der Waals surface area (Å²) in [7, 11) is 0. The van der Waals surface area contributed by atoms with Gasteiger partial charge in [-0.1, -0.05) is 25.1 Å².